The minimum atomic E-state index is -0.0843. The molecule has 3 rings (SSSR count). The molecule has 0 aliphatic rings. The molecule has 0 aliphatic carbocycles. The molecule has 3 aromatic rings. The highest BCUT2D eigenvalue weighted by Gasteiger charge is 2.16. The fraction of sp³-hybridized carbons (Fsp3) is 0.273. The Hall–Kier alpha value is -2.86. The maximum Gasteiger partial charge on any atom is 0.253 e. The van der Waals surface area contributed by atoms with Gasteiger partial charge in [-0.05, 0) is 49.1 Å². The third kappa shape index (κ3) is 4.34. The Labute approximate surface area is 169 Å². The molecular formula is C22H25N3O2S. The van der Waals surface area contributed by atoms with Crippen molar-refractivity contribution >= 4 is 23.2 Å². The summed E-state index contributed by atoms with van der Waals surface area (Å²) in [5, 5.41) is 5.05. The van der Waals surface area contributed by atoms with Crippen LogP contribution in [0.2, 0.25) is 0 Å². The average Bonchev–Trinajstić information content (AvgIpc) is 3.29. The number of thiophene rings is 1. The van der Waals surface area contributed by atoms with Crippen LogP contribution < -0.4 is 5.32 Å². The summed E-state index contributed by atoms with van der Waals surface area (Å²) in [4.78, 5) is 27.4. The smallest absolute Gasteiger partial charge is 0.253 e. The molecule has 0 atom stereocenters. The molecule has 0 radical (unpaired) electrons. The fourth-order valence-corrected chi connectivity index (χ4v) is 3.83. The van der Waals surface area contributed by atoms with Gasteiger partial charge in [-0.2, -0.15) is 0 Å². The Balaban J connectivity index is 1.66. The third-order valence-corrected chi connectivity index (χ3v) is 5.63. The lowest BCUT2D eigenvalue weighted by atomic mass is 10.1. The van der Waals surface area contributed by atoms with E-state index in [1.54, 1.807) is 42.5 Å². The summed E-state index contributed by atoms with van der Waals surface area (Å²) in [6.45, 7) is 5.21. The van der Waals surface area contributed by atoms with Crippen molar-refractivity contribution in [2.75, 3.05) is 14.1 Å². The molecule has 2 amide bonds. The molecule has 0 unspecified atom stereocenters. The van der Waals surface area contributed by atoms with Gasteiger partial charge in [0.1, 0.15) is 0 Å². The molecule has 0 fully saturated rings. The average molecular weight is 396 g/mol. The lowest BCUT2D eigenvalue weighted by Crippen LogP contribution is -2.24. The molecule has 1 N–H and O–H groups in total. The topological polar surface area (TPSA) is 54.3 Å². The Morgan fingerprint density at radius 3 is 2.43 bits per heavy atom. The first-order valence-electron chi connectivity index (χ1n) is 9.14. The number of carbonyl (C=O) groups is 2. The molecule has 2 heterocycles. The monoisotopic (exact) mass is 395 g/mol. The third-order valence-electron chi connectivity index (χ3n) is 4.77. The first-order valence-corrected chi connectivity index (χ1v) is 10.0. The van der Waals surface area contributed by atoms with Gasteiger partial charge in [-0.3, -0.25) is 9.59 Å². The van der Waals surface area contributed by atoms with Crippen molar-refractivity contribution in [2.24, 2.45) is 0 Å². The van der Waals surface area contributed by atoms with Gasteiger partial charge in [0.05, 0.1) is 12.1 Å². The summed E-state index contributed by atoms with van der Waals surface area (Å²) in [6, 6.07) is 13.4. The largest absolute Gasteiger partial charge is 0.348 e. The zero-order chi connectivity index (χ0) is 20.3. The van der Waals surface area contributed by atoms with Crippen LogP contribution in [0.1, 0.15) is 42.5 Å². The van der Waals surface area contributed by atoms with Gasteiger partial charge < -0.3 is 14.8 Å². The first kappa shape index (κ1) is 19.9. The number of aryl methyl sites for hydroxylation is 1. The number of benzene rings is 1. The Morgan fingerprint density at radius 2 is 1.82 bits per heavy atom. The number of rotatable bonds is 6. The van der Waals surface area contributed by atoms with Gasteiger partial charge in [0, 0.05) is 42.5 Å². The van der Waals surface area contributed by atoms with Gasteiger partial charge in [-0.1, -0.05) is 18.2 Å². The second kappa shape index (κ2) is 8.44. The molecule has 5 nitrogen and oxygen atoms in total. The van der Waals surface area contributed by atoms with Gasteiger partial charge in [-0.25, -0.2) is 0 Å². The van der Waals surface area contributed by atoms with E-state index in [0.717, 1.165) is 23.5 Å². The Bertz CT molecular complexity index is 970. The quantitative estimate of drug-likeness (QED) is 0.689. The molecule has 1 aromatic carbocycles. The van der Waals surface area contributed by atoms with Crippen LogP contribution in [-0.4, -0.2) is 35.4 Å². The van der Waals surface area contributed by atoms with E-state index in [1.165, 1.54) is 4.88 Å². The van der Waals surface area contributed by atoms with Gasteiger partial charge in [0.15, 0.2) is 0 Å². The minimum absolute atomic E-state index is 0.0335. The van der Waals surface area contributed by atoms with E-state index in [9.17, 15) is 9.59 Å². The van der Waals surface area contributed by atoms with E-state index in [2.05, 4.69) is 21.3 Å². The van der Waals surface area contributed by atoms with E-state index >= 15 is 0 Å². The van der Waals surface area contributed by atoms with Gasteiger partial charge >= 0.3 is 0 Å². The zero-order valence-corrected chi connectivity index (χ0v) is 17.5. The SMILES string of the molecule is Cc1cc(C(=O)NCc2ccc(C(=O)N(C)C)cc2)c(C)n1Cc1cccs1. The highest BCUT2D eigenvalue weighted by Crippen LogP contribution is 2.19. The van der Waals surface area contributed by atoms with Crippen LogP contribution in [0.5, 0.6) is 0 Å². The predicted molar refractivity (Wildman–Crippen MR) is 113 cm³/mol. The molecule has 2 aromatic heterocycles. The van der Waals surface area contributed by atoms with E-state index in [0.29, 0.717) is 17.7 Å². The van der Waals surface area contributed by atoms with Crippen molar-refractivity contribution in [3.63, 3.8) is 0 Å². The van der Waals surface area contributed by atoms with Crippen molar-refractivity contribution in [1.82, 2.24) is 14.8 Å². The molecule has 0 bridgehead atoms. The van der Waals surface area contributed by atoms with E-state index in [1.807, 2.05) is 38.1 Å². The lowest BCUT2D eigenvalue weighted by Gasteiger charge is -2.11. The van der Waals surface area contributed by atoms with Crippen LogP contribution >= 0.6 is 11.3 Å². The first-order chi connectivity index (χ1) is 13.4. The van der Waals surface area contributed by atoms with Gasteiger partial charge in [0.2, 0.25) is 0 Å². The maximum absolute atomic E-state index is 12.7. The Kier molecular flexibility index (Phi) is 5.99. The molecule has 6 heteroatoms. The molecular weight excluding hydrogens is 370 g/mol. The number of hydrogen-bond donors (Lipinski definition) is 1. The fourth-order valence-electron chi connectivity index (χ4n) is 3.13. The summed E-state index contributed by atoms with van der Waals surface area (Å²) in [5.74, 6) is -0.118. The number of carbonyl (C=O) groups excluding carboxylic acids is 2. The van der Waals surface area contributed by atoms with Gasteiger partial charge in [0.25, 0.3) is 11.8 Å². The summed E-state index contributed by atoms with van der Waals surface area (Å²) < 4.78 is 2.17. The van der Waals surface area contributed by atoms with E-state index in [4.69, 9.17) is 0 Å². The molecule has 0 aliphatic heterocycles. The molecule has 0 saturated heterocycles. The maximum atomic E-state index is 12.7. The standard InChI is InChI=1S/C22H25N3O2S/c1-15-12-20(16(2)25(15)14-19-6-5-11-28-19)21(26)23-13-17-7-9-18(10-8-17)22(27)24(3)4/h5-12H,13-14H2,1-4H3,(H,23,26). The number of aromatic nitrogens is 1. The van der Waals surface area contributed by atoms with Crippen LogP contribution in [0.15, 0.2) is 47.8 Å². The van der Waals surface area contributed by atoms with Crippen molar-refractivity contribution in [3.8, 4) is 0 Å². The molecule has 146 valence electrons. The van der Waals surface area contributed by atoms with Crippen LogP contribution in [0.3, 0.4) is 0 Å². The van der Waals surface area contributed by atoms with Crippen LogP contribution in [-0.2, 0) is 13.1 Å². The van der Waals surface area contributed by atoms with Gasteiger partial charge in [-0.15, -0.1) is 11.3 Å². The second-order valence-electron chi connectivity index (χ2n) is 7.03. The van der Waals surface area contributed by atoms with Crippen LogP contribution in [0.4, 0.5) is 0 Å². The summed E-state index contributed by atoms with van der Waals surface area (Å²) in [7, 11) is 3.46. The Morgan fingerprint density at radius 1 is 1.11 bits per heavy atom. The minimum Gasteiger partial charge on any atom is -0.348 e. The molecule has 28 heavy (non-hydrogen) atoms. The molecule has 0 saturated carbocycles. The molecule has 0 spiro atoms. The van der Waals surface area contributed by atoms with Crippen LogP contribution in [0, 0.1) is 13.8 Å². The second-order valence-corrected chi connectivity index (χ2v) is 8.06. The normalized spacial score (nSPS) is 10.7. The van der Waals surface area contributed by atoms with E-state index < -0.39 is 0 Å². The summed E-state index contributed by atoms with van der Waals surface area (Å²) >= 11 is 1.72. The van der Waals surface area contributed by atoms with Crippen LogP contribution in [0.25, 0.3) is 0 Å². The summed E-state index contributed by atoms with van der Waals surface area (Å²) in [5.41, 5.74) is 4.33. The summed E-state index contributed by atoms with van der Waals surface area (Å²) in [6.07, 6.45) is 0. The van der Waals surface area contributed by atoms with Crippen molar-refractivity contribution in [1.29, 1.82) is 0 Å². The zero-order valence-electron chi connectivity index (χ0n) is 16.7. The van der Waals surface area contributed by atoms with E-state index in [-0.39, 0.29) is 11.8 Å². The number of amides is 2. The van der Waals surface area contributed by atoms with Crippen molar-refractivity contribution in [3.05, 3.63) is 80.8 Å². The highest BCUT2D eigenvalue weighted by atomic mass is 32.1. The van der Waals surface area contributed by atoms with Crippen molar-refractivity contribution < 1.29 is 9.59 Å². The number of nitrogens with zero attached hydrogens (tertiary/aromatic N) is 2. The predicted octanol–water partition coefficient (Wildman–Crippen LogP) is 3.85. The number of nitrogens with one attached hydrogen (secondary N) is 1. The highest BCUT2D eigenvalue weighted by molar-refractivity contribution is 7.09. The van der Waals surface area contributed by atoms with Crippen molar-refractivity contribution in [2.45, 2.75) is 26.9 Å². The lowest BCUT2D eigenvalue weighted by molar-refractivity contribution is 0.0827. The number of hydrogen-bond acceptors (Lipinski definition) is 3.